The van der Waals surface area contributed by atoms with E-state index in [1.54, 1.807) is 0 Å². The first kappa shape index (κ1) is 14.4. The van der Waals surface area contributed by atoms with Crippen LogP contribution >= 0.6 is 0 Å². The molecule has 0 bridgehead atoms. The smallest absolute Gasteiger partial charge is 0.324 e. The SMILES string of the molecule is CCOC(=O)C1CNCCN1Cc1ccc2c(c1)CCO2. The number of ether oxygens (including phenoxy) is 2. The van der Waals surface area contributed by atoms with E-state index in [4.69, 9.17) is 9.47 Å². The maximum absolute atomic E-state index is 12.1. The number of rotatable bonds is 4. The van der Waals surface area contributed by atoms with E-state index >= 15 is 0 Å². The molecule has 2 aliphatic heterocycles. The summed E-state index contributed by atoms with van der Waals surface area (Å²) in [5, 5.41) is 3.27. The molecular weight excluding hydrogens is 268 g/mol. The molecule has 0 aromatic heterocycles. The molecular formula is C16H22N2O3. The molecule has 3 rings (SSSR count). The second-order valence-electron chi connectivity index (χ2n) is 5.48. The molecule has 5 nitrogen and oxygen atoms in total. The second kappa shape index (κ2) is 6.45. The highest BCUT2D eigenvalue weighted by Crippen LogP contribution is 2.26. The van der Waals surface area contributed by atoms with Gasteiger partial charge in [-0.2, -0.15) is 0 Å². The van der Waals surface area contributed by atoms with Crippen LogP contribution in [0.2, 0.25) is 0 Å². The molecule has 2 aliphatic rings. The molecule has 0 radical (unpaired) electrons. The van der Waals surface area contributed by atoms with Crippen LogP contribution in [0.3, 0.4) is 0 Å². The number of hydrogen-bond donors (Lipinski definition) is 1. The van der Waals surface area contributed by atoms with Crippen molar-refractivity contribution in [2.24, 2.45) is 0 Å². The quantitative estimate of drug-likeness (QED) is 0.837. The molecule has 1 unspecified atom stereocenters. The van der Waals surface area contributed by atoms with Crippen LogP contribution in [0.25, 0.3) is 0 Å². The zero-order chi connectivity index (χ0) is 14.7. The Morgan fingerprint density at radius 2 is 2.43 bits per heavy atom. The van der Waals surface area contributed by atoms with E-state index in [-0.39, 0.29) is 12.0 Å². The normalized spacial score (nSPS) is 21.7. The second-order valence-corrected chi connectivity index (χ2v) is 5.48. The molecule has 1 fully saturated rings. The third-order valence-corrected chi connectivity index (χ3v) is 4.05. The highest BCUT2D eigenvalue weighted by atomic mass is 16.5. The summed E-state index contributed by atoms with van der Waals surface area (Å²) in [5.74, 6) is 0.871. The summed E-state index contributed by atoms with van der Waals surface area (Å²) in [6, 6.07) is 6.14. The lowest BCUT2D eigenvalue weighted by Crippen LogP contribution is -2.54. The van der Waals surface area contributed by atoms with Crippen molar-refractivity contribution in [3.05, 3.63) is 29.3 Å². The predicted octanol–water partition coefficient (Wildman–Crippen LogP) is 0.958. The van der Waals surface area contributed by atoms with Gasteiger partial charge in [0, 0.05) is 32.6 Å². The van der Waals surface area contributed by atoms with Gasteiger partial charge < -0.3 is 14.8 Å². The number of benzene rings is 1. The fourth-order valence-electron chi connectivity index (χ4n) is 2.98. The minimum Gasteiger partial charge on any atom is -0.493 e. The average molecular weight is 290 g/mol. The molecule has 2 heterocycles. The third-order valence-electron chi connectivity index (χ3n) is 4.05. The average Bonchev–Trinajstić information content (AvgIpc) is 2.95. The van der Waals surface area contributed by atoms with E-state index in [0.717, 1.165) is 38.4 Å². The molecule has 0 saturated carbocycles. The van der Waals surface area contributed by atoms with Gasteiger partial charge in [-0.3, -0.25) is 9.69 Å². The number of piperazine rings is 1. The third kappa shape index (κ3) is 3.19. The van der Waals surface area contributed by atoms with Crippen LogP contribution in [-0.4, -0.2) is 49.8 Å². The van der Waals surface area contributed by atoms with Crippen molar-refractivity contribution in [3.8, 4) is 5.75 Å². The molecule has 1 atom stereocenters. The van der Waals surface area contributed by atoms with Crippen molar-refractivity contribution in [2.45, 2.75) is 25.9 Å². The Morgan fingerprint density at radius 3 is 3.29 bits per heavy atom. The van der Waals surface area contributed by atoms with Gasteiger partial charge in [-0.1, -0.05) is 12.1 Å². The summed E-state index contributed by atoms with van der Waals surface area (Å²) in [6.45, 7) is 6.25. The maximum Gasteiger partial charge on any atom is 0.324 e. The highest BCUT2D eigenvalue weighted by molar-refractivity contribution is 5.76. The maximum atomic E-state index is 12.1. The minimum absolute atomic E-state index is 0.130. The van der Waals surface area contributed by atoms with Crippen molar-refractivity contribution in [3.63, 3.8) is 0 Å². The van der Waals surface area contributed by atoms with Gasteiger partial charge in [-0.25, -0.2) is 0 Å². The van der Waals surface area contributed by atoms with Crippen LogP contribution in [0.4, 0.5) is 0 Å². The van der Waals surface area contributed by atoms with E-state index in [1.165, 1.54) is 11.1 Å². The van der Waals surface area contributed by atoms with Gasteiger partial charge in [-0.05, 0) is 24.1 Å². The Morgan fingerprint density at radius 1 is 1.52 bits per heavy atom. The highest BCUT2D eigenvalue weighted by Gasteiger charge is 2.29. The Bertz CT molecular complexity index is 518. The van der Waals surface area contributed by atoms with Crippen molar-refractivity contribution >= 4 is 5.97 Å². The topological polar surface area (TPSA) is 50.8 Å². The van der Waals surface area contributed by atoms with Crippen LogP contribution in [-0.2, 0) is 22.5 Å². The summed E-state index contributed by atoms with van der Waals surface area (Å²) in [4.78, 5) is 14.3. The summed E-state index contributed by atoms with van der Waals surface area (Å²) < 4.78 is 10.7. The molecule has 1 saturated heterocycles. The lowest BCUT2D eigenvalue weighted by atomic mass is 10.1. The van der Waals surface area contributed by atoms with Crippen molar-refractivity contribution in [1.29, 1.82) is 0 Å². The summed E-state index contributed by atoms with van der Waals surface area (Å²) in [5.41, 5.74) is 2.51. The van der Waals surface area contributed by atoms with Gasteiger partial charge in [0.1, 0.15) is 11.8 Å². The van der Waals surface area contributed by atoms with Crippen molar-refractivity contribution in [1.82, 2.24) is 10.2 Å². The van der Waals surface area contributed by atoms with Gasteiger partial charge in [0.05, 0.1) is 13.2 Å². The number of nitrogens with one attached hydrogen (secondary N) is 1. The summed E-state index contributed by atoms with van der Waals surface area (Å²) in [7, 11) is 0. The molecule has 0 spiro atoms. The molecule has 1 N–H and O–H groups in total. The Balaban J connectivity index is 1.70. The van der Waals surface area contributed by atoms with Gasteiger partial charge in [0.25, 0.3) is 0 Å². The molecule has 114 valence electrons. The first-order valence-electron chi connectivity index (χ1n) is 7.64. The zero-order valence-electron chi connectivity index (χ0n) is 12.4. The van der Waals surface area contributed by atoms with Gasteiger partial charge >= 0.3 is 5.97 Å². The lowest BCUT2D eigenvalue weighted by molar-refractivity contribution is -0.150. The molecule has 0 aliphatic carbocycles. The fraction of sp³-hybridized carbons (Fsp3) is 0.562. The molecule has 5 heteroatoms. The fourth-order valence-corrected chi connectivity index (χ4v) is 2.98. The van der Waals surface area contributed by atoms with E-state index in [2.05, 4.69) is 22.3 Å². The number of hydrogen-bond acceptors (Lipinski definition) is 5. The number of fused-ring (bicyclic) bond motifs is 1. The first-order chi connectivity index (χ1) is 10.3. The van der Waals surface area contributed by atoms with Gasteiger partial charge in [-0.15, -0.1) is 0 Å². The number of nitrogens with zero attached hydrogens (tertiary/aromatic N) is 1. The van der Waals surface area contributed by atoms with Crippen LogP contribution < -0.4 is 10.1 Å². The van der Waals surface area contributed by atoms with Crippen LogP contribution in [0.1, 0.15) is 18.1 Å². The number of esters is 1. The number of carbonyl (C=O) groups excluding carboxylic acids is 1. The van der Waals surface area contributed by atoms with Crippen LogP contribution in [0, 0.1) is 0 Å². The summed E-state index contributed by atoms with van der Waals surface area (Å²) in [6.07, 6.45) is 0.978. The summed E-state index contributed by atoms with van der Waals surface area (Å²) >= 11 is 0. The first-order valence-corrected chi connectivity index (χ1v) is 7.64. The van der Waals surface area contributed by atoms with E-state index in [0.29, 0.717) is 13.2 Å². The number of carbonyl (C=O) groups is 1. The molecule has 1 aromatic rings. The standard InChI is InChI=1S/C16H22N2O3/c1-2-20-16(19)14-10-17-6-7-18(14)11-12-3-4-15-13(9-12)5-8-21-15/h3-4,9,14,17H,2,5-8,10-11H2,1H3. The largest absolute Gasteiger partial charge is 0.493 e. The molecule has 1 aromatic carbocycles. The minimum atomic E-state index is -0.191. The Hall–Kier alpha value is -1.59. The Labute approximate surface area is 125 Å². The van der Waals surface area contributed by atoms with E-state index in [1.807, 2.05) is 13.0 Å². The van der Waals surface area contributed by atoms with E-state index in [9.17, 15) is 4.79 Å². The van der Waals surface area contributed by atoms with Crippen molar-refractivity contribution in [2.75, 3.05) is 32.8 Å². The van der Waals surface area contributed by atoms with Crippen LogP contribution in [0.5, 0.6) is 5.75 Å². The Kier molecular flexibility index (Phi) is 4.41. The lowest BCUT2D eigenvalue weighted by Gasteiger charge is -2.34. The van der Waals surface area contributed by atoms with Gasteiger partial charge in [0.2, 0.25) is 0 Å². The zero-order valence-corrected chi connectivity index (χ0v) is 12.4. The monoisotopic (exact) mass is 290 g/mol. The van der Waals surface area contributed by atoms with Gasteiger partial charge in [0.15, 0.2) is 0 Å². The molecule has 0 amide bonds. The van der Waals surface area contributed by atoms with Crippen molar-refractivity contribution < 1.29 is 14.3 Å². The predicted molar refractivity (Wildman–Crippen MR) is 79.3 cm³/mol. The molecule has 21 heavy (non-hydrogen) atoms. The van der Waals surface area contributed by atoms with E-state index < -0.39 is 0 Å². The van der Waals surface area contributed by atoms with Crippen LogP contribution in [0.15, 0.2) is 18.2 Å².